The number of aliphatic hydroxyl groups is 1. The van der Waals surface area contributed by atoms with Crippen molar-refractivity contribution in [1.82, 2.24) is 5.32 Å². The van der Waals surface area contributed by atoms with Gasteiger partial charge in [0.2, 0.25) is 5.88 Å². The fourth-order valence-electron chi connectivity index (χ4n) is 5.08. The van der Waals surface area contributed by atoms with Gasteiger partial charge in [-0.3, -0.25) is 0 Å². The first-order valence-corrected chi connectivity index (χ1v) is 12.5. The van der Waals surface area contributed by atoms with Gasteiger partial charge >= 0.3 is 0 Å². The summed E-state index contributed by atoms with van der Waals surface area (Å²) in [6.45, 7) is 14.5. The Morgan fingerprint density at radius 1 is 1.14 bits per heavy atom. The summed E-state index contributed by atoms with van der Waals surface area (Å²) >= 11 is 0. The molecule has 1 aliphatic heterocycles. The Balaban J connectivity index is 1.63. The first-order valence-electron chi connectivity index (χ1n) is 12.5. The number of allylic oxidation sites excluding steroid dienone is 3. The maximum absolute atomic E-state index is 10.3. The Kier molecular flexibility index (Phi) is 7.26. The Morgan fingerprint density at radius 3 is 2.61 bits per heavy atom. The molecule has 1 aliphatic carbocycles. The van der Waals surface area contributed by atoms with Crippen LogP contribution in [0, 0.1) is 11.3 Å². The lowest BCUT2D eigenvalue weighted by Gasteiger charge is -2.36. The van der Waals surface area contributed by atoms with Crippen LogP contribution in [0.15, 0.2) is 90.1 Å². The summed E-state index contributed by atoms with van der Waals surface area (Å²) in [5.74, 6) is 0.395. The van der Waals surface area contributed by atoms with Crippen LogP contribution in [0.25, 0.3) is 5.76 Å². The maximum Gasteiger partial charge on any atom is 0.206 e. The number of rotatable bonds is 7. The molecule has 1 atom stereocenters. The second-order valence-corrected chi connectivity index (χ2v) is 10.5. The number of dihydropyridines is 1. The highest BCUT2D eigenvalue weighted by atomic mass is 16.5. The largest absolute Gasteiger partial charge is 0.508 e. The Hall–Kier alpha value is -3.91. The maximum atomic E-state index is 10.3. The number of nitrogens with one attached hydrogen (secondary N) is 2. The molecule has 2 aliphatic rings. The molecule has 0 bridgehead atoms. The van der Waals surface area contributed by atoms with Crippen LogP contribution in [0.2, 0.25) is 0 Å². The second kappa shape index (κ2) is 10.4. The van der Waals surface area contributed by atoms with E-state index in [4.69, 9.17) is 4.74 Å². The minimum absolute atomic E-state index is 0.00822. The van der Waals surface area contributed by atoms with Crippen molar-refractivity contribution in [2.45, 2.75) is 57.8 Å². The average Bonchev–Trinajstić information content (AvgIpc) is 2.86. The van der Waals surface area contributed by atoms with Crippen molar-refractivity contribution in [3.63, 3.8) is 0 Å². The van der Waals surface area contributed by atoms with Crippen molar-refractivity contribution in [2.24, 2.45) is 0 Å². The summed E-state index contributed by atoms with van der Waals surface area (Å²) in [5.41, 5.74) is 7.51. The highest BCUT2D eigenvalue weighted by Crippen LogP contribution is 2.46. The van der Waals surface area contributed by atoms with Crippen LogP contribution in [-0.4, -0.2) is 11.7 Å². The van der Waals surface area contributed by atoms with Gasteiger partial charge in [-0.1, -0.05) is 70.3 Å². The second-order valence-electron chi connectivity index (χ2n) is 10.5. The van der Waals surface area contributed by atoms with Crippen molar-refractivity contribution in [1.29, 1.82) is 5.26 Å². The van der Waals surface area contributed by atoms with Gasteiger partial charge < -0.3 is 20.5 Å². The lowest BCUT2D eigenvalue weighted by molar-refractivity contribution is 0.213. The van der Waals surface area contributed by atoms with Crippen LogP contribution in [0.3, 0.4) is 0 Å². The number of nitrogens with zero attached hydrogens (tertiary/aromatic N) is 1. The summed E-state index contributed by atoms with van der Waals surface area (Å²) in [7, 11) is 0. The third-order valence-electron chi connectivity index (χ3n) is 6.76. The Labute approximate surface area is 214 Å². The minimum atomic E-state index is -0.120. The quantitative estimate of drug-likeness (QED) is 0.359. The van der Waals surface area contributed by atoms with Gasteiger partial charge in [0.1, 0.15) is 24.0 Å². The van der Waals surface area contributed by atoms with E-state index in [0.717, 1.165) is 31.4 Å². The van der Waals surface area contributed by atoms with E-state index in [0.29, 0.717) is 22.7 Å². The molecule has 36 heavy (non-hydrogen) atoms. The van der Waals surface area contributed by atoms with Crippen LogP contribution < -0.4 is 10.6 Å². The fraction of sp³-hybridized carbons (Fsp3) is 0.323. The molecule has 5 nitrogen and oxygen atoms in total. The Bertz CT molecular complexity index is 1290. The number of hydrogen-bond donors (Lipinski definition) is 3. The molecule has 0 fully saturated rings. The summed E-state index contributed by atoms with van der Waals surface area (Å²) in [5, 5.41) is 26.7. The van der Waals surface area contributed by atoms with E-state index in [-0.39, 0.29) is 23.7 Å². The fourth-order valence-corrected chi connectivity index (χ4v) is 5.08. The smallest absolute Gasteiger partial charge is 0.206 e. The number of nitriles is 1. The first kappa shape index (κ1) is 25.2. The molecule has 0 saturated heterocycles. The number of benzene rings is 2. The summed E-state index contributed by atoms with van der Waals surface area (Å²) in [6.07, 6.45) is 4.18. The van der Waals surface area contributed by atoms with E-state index in [9.17, 15) is 10.4 Å². The molecule has 0 aromatic heterocycles. The van der Waals surface area contributed by atoms with Crippen molar-refractivity contribution in [2.75, 3.05) is 11.9 Å². The zero-order chi connectivity index (χ0) is 25.9. The van der Waals surface area contributed by atoms with Crippen LogP contribution >= 0.6 is 0 Å². The van der Waals surface area contributed by atoms with E-state index in [1.807, 2.05) is 12.1 Å². The van der Waals surface area contributed by atoms with Crippen LogP contribution in [0.4, 0.5) is 5.69 Å². The Morgan fingerprint density at radius 2 is 1.89 bits per heavy atom. The van der Waals surface area contributed by atoms with Gasteiger partial charge in [0, 0.05) is 28.6 Å². The average molecular weight is 482 g/mol. The summed E-state index contributed by atoms with van der Waals surface area (Å²) < 4.78 is 6.21. The lowest BCUT2D eigenvalue weighted by atomic mass is 9.72. The SMILES string of the molecule is C=C(COC1=C(C#N)C(c2ccccc2C(C)(C)C)C2=C(CCCC2)N1)Nc1cccc(C(=C)O)c1. The van der Waals surface area contributed by atoms with Crippen LogP contribution in [0.1, 0.15) is 69.1 Å². The van der Waals surface area contributed by atoms with Crippen molar-refractivity contribution in [3.05, 3.63) is 107 Å². The molecule has 4 rings (SSSR count). The van der Waals surface area contributed by atoms with Crippen LogP contribution in [0.5, 0.6) is 0 Å². The highest BCUT2D eigenvalue weighted by molar-refractivity contribution is 5.62. The number of aliphatic hydroxyl groups excluding tert-OH is 1. The van der Waals surface area contributed by atoms with Crippen LogP contribution in [-0.2, 0) is 10.2 Å². The summed E-state index contributed by atoms with van der Waals surface area (Å²) in [4.78, 5) is 0. The lowest BCUT2D eigenvalue weighted by Crippen LogP contribution is -2.31. The van der Waals surface area contributed by atoms with Gasteiger partial charge in [0.25, 0.3) is 0 Å². The monoisotopic (exact) mass is 481 g/mol. The van der Waals surface area contributed by atoms with E-state index >= 15 is 0 Å². The molecule has 1 heterocycles. The van der Waals surface area contributed by atoms with Gasteiger partial charge in [-0.15, -0.1) is 0 Å². The van der Waals surface area contributed by atoms with E-state index in [2.05, 4.69) is 74.9 Å². The van der Waals surface area contributed by atoms with Crippen molar-refractivity contribution >= 4 is 11.4 Å². The highest BCUT2D eigenvalue weighted by Gasteiger charge is 2.36. The van der Waals surface area contributed by atoms with E-state index in [1.54, 1.807) is 12.1 Å². The molecule has 2 aromatic carbocycles. The van der Waals surface area contributed by atoms with Gasteiger partial charge in [-0.05, 0) is 59.9 Å². The molecule has 2 aromatic rings. The van der Waals surface area contributed by atoms with Gasteiger partial charge in [0.15, 0.2) is 0 Å². The van der Waals surface area contributed by atoms with Crippen molar-refractivity contribution in [3.8, 4) is 6.07 Å². The molecular weight excluding hydrogens is 446 g/mol. The third-order valence-corrected chi connectivity index (χ3v) is 6.76. The molecule has 1 unspecified atom stereocenters. The van der Waals surface area contributed by atoms with E-state index in [1.165, 1.54) is 22.4 Å². The number of hydrogen-bond acceptors (Lipinski definition) is 5. The van der Waals surface area contributed by atoms with Gasteiger partial charge in [-0.25, -0.2) is 0 Å². The van der Waals surface area contributed by atoms with E-state index < -0.39 is 0 Å². The minimum Gasteiger partial charge on any atom is -0.508 e. The zero-order valence-corrected chi connectivity index (χ0v) is 21.4. The molecule has 0 radical (unpaired) electrons. The predicted molar refractivity (Wildman–Crippen MR) is 146 cm³/mol. The molecule has 186 valence electrons. The first-order chi connectivity index (χ1) is 17.2. The summed E-state index contributed by atoms with van der Waals surface area (Å²) in [6, 6.07) is 18.3. The number of anilines is 1. The van der Waals surface area contributed by atoms with Crippen molar-refractivity contribution < 1.29 is 9.84 Å². The van der Waals surface area contributed by atoms with Gasteiger partial charge in [0.05, 0.1) is 0 Å². The topological polar surface area (TPSA) is 77.3 Å². The molecule has 3 N–H and O–H groups in total. The molecule has 5 heteroatoms. The normalized spacial score (nSPS) is 17.6. The molecule has 0 spiro atoms. The molecule has 0 saturated carbocycles. The third kappa shape index (κ3) is 5.33. The standard InChI is InChI=1S/C31H35N3O2/c1-20(33-23-12-10-11-22(17-23)21(2)35)19-36-30-26(18-32)29(25-14-7-9-16-28(25)34-30)24-13-6-8-15-27(24)31(3,4)5/h6,8,10-13,15,17,29,33-35H,1-2,7,9,14,16,19H2,3-5H3. The number of ether oxygens (including phenoxy) is 1. The van der Waals surface area contributed by atoms with Gasteiger partial charge in [-0.2, -0.15) is 5.26 Å². The zero-order valence-electron chi connectivity index (χ0n) is 21.4. The predicted octanol–water partition coefficient (Wildman–Crippen LogP) is 7.41. The molecular formula is C31H35N3O2. The molecule has 0 amide bonds.